The van der Waals surface area contributed by atoms with E-state index in [2.05, 4.69) is 10.3 Å². The van der Waals surface area contributed by atoms with Crippen molar-refractivity contribution in [3.05, 3.63) is 35.0 Å². The van der Waals surface area contributed by atoms with Crippen molar-refractivity contribution in [2.24, 2.45) is 0 Å². The van der Waals surface area contributed by atoms with E-state index in [9.17, 15) is 9.90 Å². The number of halogens is 1. The van der Waals surface area contributed by atoms with Gasteiger partial charge in [0.15, 0.2) is 5.69 Å². The molecule has 1 aromatic heterocycles. The van der Waals surface area contributed by atoms with Crippen molar-refractivity contribution in [3.8, 4) is 11.3 Å². The van der Waals surface area contributed by atoms with Crippen LogP contribution in [0.25, 0.3) is 11.3 Å². The molecule has 106 valence electrons. The van der Waals surface area contributed by atoms with Crippen LogP contribution >= 0.6 is 11.6 Å². The van der Waals surface area contributed by atoms with Crippen molar-refractivity contribution in [2.75, 3.05) is 6.61 Å². The number of aliphatic hydroxyl groups is 2. The number of aliphatic hydroxyl groups excluding tert-OH is 2. The summed E-state index contributed by atoms with van der Waals surface area (Å²) < 4.78 is 1.23. The predicted octanol–water partition coefficient (Wildman–Crippen LogP) is 0.650. The summed E-state index contributed by atoms with van der Waals surface area (Å²) in [6.07, 6.45) is -1.06. The highest BCUT2D eigenvalue weighted by Crippen LogP contribution is 2.25. The summed E-state index contributed by atoms with van der Waals surface area (Å²) in [7, 11) is 0. The fourth-order valence-corrected chi connectivity index (χ4v) is 1.95. The Morgan fingerprint density at radius 3 is 2.80 bits per heavy atom. The second-order valence-corrected chi connectivity index (χ2v) is 4.56. The van der Waals surface area contributed by atoms with Gasteiger partial charge in [-0.1, -0.05) is 28.9 Å². The molecule has 1 aromatic carbocycles. The van der Waals surface area contributed by atoms with E-state index in [1.54, 1.807) is 24.3 Å². The molecule has 0 aliphatic heterocycles. The van der Waals surface area contributed by atoms with Gasteiger partial charge in [-0.2, -0.15) is 0 Å². The van der Waals surface area contributed by atoms with E-state index in [0.29, 0.717) is 10.6 Å². The molecule has 7 nitrogen and oxygen atoms in total. The van der Waals surface area contributed by atoms with Crippen molar-refractivity contribution >= 4 is 17.6 Å². The first kappa shape index (κ1) is 14.4. The zero-order chi connectivity index (χ0) is 14.7. The predicted molar refractivity (Wildman–Crippen MR) is 70.5 cm³/mol. The molecular weight excluding hydrogens is 286 g/mol. The molecule has 1 heterocycles. The lowest BCUT2D eigenvalue weighted by molar-refractivity contribution is 0.0690. The van der Waals surface area contributed by atoms with E-state index in [4.69, 9.17) is 21.8 Å². The van der Waals surface area contributed by atoms with Crippen molar-refractivity contribution in [1.82, 2.24) is 15.0 Å². The van der Waals surface area contributed by atoms with Crippen LogP contribution in [-0.4, -0.2) is 49.0 Å². The van der Waals surface area contributed by atoms with Gasteiger partial charge in [0.2, 0.25) is 0 Å². The van der Waals surface area contributed by atoms with Crippen LogP contribution in [0.5, 0.6) is 0 Å². The standard InChI is InChI=1S/C12H12ClN3O4/c13-8-3-1-2-7(4-8)11-10(12(19)20)14-15-16(11)5-9(18)6-17/h1-4,9,17-18H,5-6H2,(H,19,20). The summed E-state index contributed by atoms with van der Waals surface area (Å²) in [4.78, 5) is 11.2. The summed E-state index contributed by atoms with van der Waals surface area (Å²) in [6.45, 7) is -0.532. The highest BCUT2D eigenvalue weighted by molar-refractivity contribution is 6.30. The summed E-state index contributed by atoms with van der Waals surface area (Å²) >= 11 is 5.89. The first-order valence-electron chi connectivity index (χ1n) is 5.74. The van der Waals surface area contributed by atoms with Crippen LogP contribution in [0.3, 0.4) is 0 Å². The third-order valence-corrected chi connectivity index (χ3v) is 2.87. The second kappa shape index (κ2) is 6.00. The van der Waals surface area contributed by atoms with Gasteiger partial charge in [0.1, 0.15) is 5.69 Å². The van der Waals surface area contributed by atoms with E-state index in [0.717, 1.165) is 0 Å². The number of benzene rings is 1. The molecular formula is C12H12ClN3O4. The number of carboxylic acid groups (broad SMARTS) is 1. The summed E-state index contributed by atoms with van der Waals surface area (Å²) in [5, 5.41) is 35.2. The van der Waals surface area contributed by atoms with Crippen LogP contribution in [0, 0.1) is 0 Å². The van der Waals surface area contributed by atoms with Gasteiger partial charge in [0, 0.05) is 10.6 Å². The Bertz CT molecular complexity index is 629. The number of carbonyl (C=O) groups is 1. The minimum absolute atomic E-state index is 0.0708. The van der Waals surface area contributed by atoms with Gasteiger partial charge in [-0.05, 0) is 12.1 Å². The van der Waals surface area contributed by atoms with Gasteiger partial charge in [-0.15, -0.1) is 5.10 Å². The zero-order valence-electron chi connectivity index (χ0n) is 10.3. The molecule has 0 amide bonds. The van der Waals surface area contributed by atoms with Gasteiger partial charge in [-0.25, -0.2) is 9.48 Å². The normalized spacial score (nSPS) is 12.3. The lowest BCUT2D eigenvalue weighted by Gasteiger charge is -2.10. The molecule has 2 rings (SSSR count). The first-order valence-corrected chi connectivity index (χ1v) is 6.12. The highest BCUT2D eigenvalue weighted by Gasteiger charge is 2.21. The topological polar surface area (TPSA) is 108 Å². The van der Waals surface area contributed by atoms with E-state index in [1.807, 2.05) is 0 Å². The number of hydrogen-bond acceptors (Lipinski definition) is 5. The maximum atomic E-state index is 11.2. The molecule has 0 aliphatic rings. The van der Waals surface area contributed by atoms with Gasteiger partial charge >= 0.3 is 5.97 Å². The van der Waals surface area contributed by atoms with Crippen LogP contribution in [0.2, 0.25) is 5.02 Å². The molecule has 1 unspecified atom stereocenters. The SMILES string of the molecule is O=C(O)c1nnn(CC(O)CO)c1-c1cccc(Cl)c1. The third kappa shape index (κ3) is 2.96. The molecule has 8 heteroatoms. The van der Waals surface area contributed by atoms with Crippen molar-refractivity contribution in [3.63, 3.8) is 0 Å². The smallest absolute Gasteiger partial charge is 0.358 e. The maximum absolute atomic E-state index is 11.2. The molecule has 0 saturated carbocycles. The van der Waals surface area contributed by atoms with Gasteiger partial charge in [0.05, 0.1) is 19.3 Å². The van der Waals surface area contributed by atoms with Crippen LogP contribution < -0.4 is 0 Å². The molecule has 0 saturated heterocycles. The average molecular weight is 298 g/mol. The van der Waals surface area contributed by atoms with E-state index < -0.39 is 18.7 Å². The number of aromatic carboxylic acids is 1. The highest BCUT2D eigenvalue weighted by atomic mass is 35.5. The molecule has 0 aliphatic carbocycles. The lowest BCUT2D eigenvalue weighted by atomic mass is 10.1. The Balaban J connectivity index is 2.52. The minimum Gasteiger partial charge on any atom is -0.476 e. The van der Waals surface area contributed by atoms with Gasteiger partial charge < -0.3 is 15.3 Å². The van der Waals surface area contributed by atoms with E-state index in [1.165, 1.54) is 4.68 Å². The van der Waals surface area contributed by atoms with Gasteiger partial charge in [0.25, 0.3) is 0 Å². The van der Waals surface area contributed by atoms with Crippen molar-refractivity contribution < 1.29 is 20.1 Å². The monoisotopic (exact) mass is 297 g/mol. The molecule has 20 heavy (non-hydrogen) atoms. The number of aromatic nitrogens is 3. The average Bonchev–Trinajstić information content (AvgIpc) is 2.82. The molecule has 0 spiro atoms. The summed E-state index contributed by atoms with van der Waals surface area (Å²) in [6, 6.07) is 6.57. The Hall–Kier alpha value is -1.96. The molecule has 3 N–H and O–H groups in total. The second-order valence-electron chi connectivity index (χ2n) is 4.12. The molecule has 1 atom stereocenters. The van der Waals surface area contributed by atoms with Crippen molar-refractivity contribution in [1.29, 1.82) is 0 Å². The van der Waals surface area contributed by atoms with E-state index >= 15 is 0 Å². The van der Waals surface area contributed by atoms with E-state index in [-0.39, 0.29) is 17.9 Å². The number of hydrogen-bond donors (Lipinski definition) is 3. The van der Waals surface area contributed by atoms with Crippen molar-refractivity contribution in [2.45, 2.75) is 12.6 Å². The fourth-order valence-electron chi connectivity index (χ4n) is 1.76. The zero-order valence-corrected chi connectivity index (χ0v) is 11.0. The molecule has 0 radical (unpaired) electrons. The summed E-state index contributed by atoms with van der Waals surface area (Å²) in [5.41, 5.74) is 0.509. The third-order valence-electron chi connectivity index (χ3n) is 2.63. The molecule has 0 bridgehead atoms. The molecule has 2 aromatic rings. The Kier molecular flexibility index (Phi) is 4.33. The number of rotatable bonds is 5. The number of carboxylic acids is 1. The fraction of sp³-hybridized carbons (Fsp3) is 0.250. The molecule has 0 fully saturated rings. The summed E-state index contributed by atoms with van der Waals surface area (Å²) in [5.74, 6) is -1.23. The maximum Gasteiger partial charge on any atom is 0.358 e. The number of nitrogens with zero attached hydrogens (tertiary/aromatic N) is 3. The van der Waals surface area contributed by atoms with Crippen LogP contribution in [0.4, 0.5) is 0 Å². The van der Waals surface area contributed by atoms with Gasteiger partial charge in [-0.3, -0.25) is 0 Å². The quantitative estimate of drug-likeness (QED) is 0.748. The van der Waals surface area contributed by atoms with Crippen LogP contribution in [0.15, 0.2) is 24.3 Å². The lowest BCUT2D eigenvalue weighted by Crippen LogP contribution is -2.21. The first-order chi connectivity index (χ1) is 9.52. The Labute approximate surface area is 119 Å². The van der Waals surface area contributed by atoms with Crippen LogP contribution in [0.1, 0.15) is 10.5 Å². The van der Waals surface area contributed by atoms with Crippen LogP contribution in [-0.2, 0) is 6.54 Å². The minimum atomic E-state index is -1.23. The Morgan fingerprint density at radius 2 is 2.20 bits per heavy atom. The largest absolute Gasteiger partial charge is 0.476 e. The Morgan fingerprint density at radius 1 is 1.45 bits per heavy atom.